The maximum atomic E-state index is 9.99. The summed E-state index contributed by atoms with van der Waals surface area (Å²) >= 11 is 0. The largest absolute Gasteiger partial charge is 0.384 e. The van der Waals surface area contributed by atoms with Crippen molar-refractivity contribution in [3.63, 3.8) is 0 Å². The van der Waals surface area contributed by atoms with E-state index < -0.39 is 6.10 Å². The Morgan fingerprint density at radius 2 is 2.14 bits per heavy atom. The van der Waals surface area contributed by atoms with Crippen LogP contribution in [-0.4, -0.2) is 33.3 Å². The minimum absolute atomic E-state index is 0.229. The van der Waals surface area contributed by atoms with Gasteiger partial charge in [0.15, 0.2) is 0 Å². The summed E-state index contributed by atoms with van der Waals surface area (Å²) < 4.78 is 6.79. The quantitative estimate of drug-likeness (QED) is 0.768. The Hall–Kier alpha value is -0.940. The Morgan fingerprint density at radius 3 is 2.50 bits per heavy atom. The molecule has 0 saturated heterocycles. The summed E-state index contributed by atoms with van der Waals surface area (Å²) in [5.41, 5.74) is 0.672. The molecule has 0 aliphatic heterocycles. The fraction of sp³-hybridized carbons (Fsp3) is 0.778. The van der Waals surface area contributed by atoms with E-state index in [1.165, 1.54) is 0 Å². The van der Waals surface area contributed by atoms with Crippen molar-refractivity contribution in [2.75, 3.05) is 7.11 Å². The van der Waals surface area contributed by atoms with Gasteiger partial charge in [0.25, 0.3) is 0 Å². The highest BCUT2D eigenvalue weighted by molar-refractivity contribution is 5.01. The standard InChI is InChI=1S/C9H17N3O2/c1-6(2)9(14-4)8(13)7-5-10-11-12(7)3/h5-6,8-9,13H,1-4H3. The molecule has 0 fully saturated rings. The normalized spacial score (nSPS) is 15.9. The average Bonchev–Trinajstić information content (AvgIpc) is 2.51. The van der Waals surface area contributed by atoms with Crippen LogP contribution in [-0.2, 0) is 11.8 Å². The summed E-state index contributed by atoms with van der Waals surface area (Å²) in [7, 11) is 3.34. The second-order valence-electron chi connectivity index (χ2n) is 3.67. The molecule has 0 amide bonds. The molecule has 2 atom stereocenters. The van der Waals surface area contributed by atoms with Crippen LogP contribution >= 0.6 is 0 Å². The predicted octanol–water partition coefficient (Wildman–Crippen LogP) is 0.519. The molecule has 1 heterocycles. The Balaban J connectivity index is 2.83. The average molecular weight is 199 g/mol. The summed E-state index contributed by atoms with van der Waals surface area (Å²) in [6, 6.07) is 0. The van der Waals surface area contributed by atoms with Gasteiger partial charge >= 0.3 is 0 Å². The summed E-state index contributed by atoms with van der Waals surface area (Å²) in [5, 5.41) is 17.5. The molecule has 1 aromatic rings. The number of aliphatic hydroxyl groups excluding tert-OH is 1. The summed E-state index contributed by atoms with van der Waals surface area (Å²) in [5.74, 6) is 0.241. The number of nitrogens with zero attached hydrogens (tertiary/aromatic N) is 3. The topological polar surface area (TPSA) is 60.2 Å². The maximum Gasteiger partial charge on any atom is 0.124 e. The van der Waals surface area contributed by atoms with E-state index in [2.05, 4.69) is 10.3 Å². The molecular weight excluding hydrogens is 182 g/mol. The first kappa shape index (κ1) is 11.1. The number of ether oxygens (including phenoxy) is 1. The smallest absolute Gasteiger partial charge is 0.124 e. The molecule has 0 bridgehead atoms. The second kappa shape index (κ2) is 4.52. The van der Waals surface area contributed by atoms with Crippen LogP contribution in [0.15, 0.2) is 6.20 Å². The number of aliphatic hydroxyl groups is 1. The molecule has 14 heavy (non-hydrogen) atoms. The third-order valence-corrected chi connectivity index (χ3v) is 2.29. The zero-order valence-electron chi connectivity index (χ0n) is 9.01. The van der Waals surface area contributed by atoms with Gasteiger partial charge in [-0.25, -0.2) is 4.68 Å². The van der Waals surface area contributed by atoms with E-state index in [0.717, 1.165) is 0 Å². The van der Waals surface area contributed by atoms with Crippen LogP contribution in [0.1, 0.15) is 25.6 Å². The molecule has 5 nitrogen and oxygen atoms in total. The van der Waals surface area contributed by atoms with Gasteiger partial charge in [-0.15, -0.1) is 5.10 Å². The van der Waals surface area contributed by atoms with Gasteiger partial charge in [0.2, 0.25) is 0 Å². The lowest BCUT2D eigenvalue weighted by atomic mass is 10.00. The van der Waals surface area contributed by atoms with Crippen LogP contribution in [0, 0.1) is 5.92 Å². The monoisotopic (exact) mass is 199 g/mol. The molecule has 2 unspecified atom stereocenters. The number of aryl methyl sites for hydroxylation is 1. The second-order valence-corrected chi connectivity index (χ2v) is 3.67. The van der Waals surface area contributed by atoms with Crippen LogP contribution in [0.2, 0.25) is 0 Å². The Kier molecular flexibility index (Phi) is 3.60. The Morgan fingerprint density at radius 1 is 1.50 bits per heavy atom. The summed E-state index contributed by atoms with van der Waals surface area (Å²) in [4.78, 5) is 0. The third-order valence-electron chi connectivity index (χ3n) is 2.29. The third kappa shape index (κ3) is 2.10. The van der Waals surface area contributed by atoms with Crippen LogP contribution in [0.4, 0.5) is 0 Å². The van der Waals surface area contributed by atoms with E-state index in [-0.39, 0.29) is 12.0 Å². The zero-order valence-corrected chi connectivity index (χ0v) is 9.01. The van der Waals surface area contributed by atoms with Crippen molar-refractivity contribution < 1.29 is 9.84 Å². The van der Waals surface area contributed by atoms with E-state index in [4.69, 9.17) is 4.74 Å². The highest BCUT2D eigenvalue weighted by Crippen LogP contribution is 2.22. The van der Waals surface area contributed by atoms with Crippen LogP contribution in [0.5, 0.6) is 0 Å². The van der Waals surface area contributed by atoms with Gasteiger partial charge in [-0.1, -0.05) is 19.1 Å². The molecule has 80 valence electrons. The van der Waals surface area contributed by atoms with E-state index in [0.29, 0.717) is 5.69 Å². The zero-order chi connectivity index (χ0) is 10.7. The van der Waals surface area contributed by atoms with Gasteiger partial charge in [0.05, 0.1) is 18.0 Å². The minimum atomic E-state index is -0.681. The molecule has 1 N–H and O–H groups in total. The number of aromatic nitrogens is 3. The molecule has 1 rings (SSSR count). The molecule has 0 aromatic carbocycles. The van der Waals surface area contributed by atoms with E-state index in [1.54, 1.807) is 25.0 Å². The molecule has 0 aliphatic rings. The maximum absolute atomic E-state index is 9.99. The molecule has 0 radical (unpaired) electrons. The van der Waals surface area contributed by atoms with Gasteiger partial charge in [0.1, 0.15) is 6.10 Å². The van der Waals surface area contributed by atoms with Gasteiger partial charge in [-0.3, -0.25) is 0 Å². The number of hydrogen-bond donors (Lipinski definition) is 1. The molecular formula is C9H17N3O2. The molecule has 5 heteroatoms. The lowest BCUT2D eigenvalue weighted by Crippen LogP contribution is -2.27. The summed E-state index contributed by atoms with van der Waals surface area (Å²) in [6.07, 6.45) is 0.645. The van der Waals surface area contributed by atoms with Crippen molar-refractivity contribution in [2.24, 2.45) is 13.0 Å². The van der Waals surface area contributed by atoms with Crippen molar-refractivity contribution in [3.8, 4) is 0 Å². The first-order chi connectivity index (χ1) is 6.57. The van der Waals surface area contributed by atoms with Crippen molar-refractivity contribution in [1.82, 2.24) is 15.0 Å². The summed E-state index contributed by atoms with van der Waals surface area (Å²) in [6.45, 7) is 4.00. The first-order valence-electron chi connectivity index (χ1n) is 4.63. The first-order valence-corrected chi connectivity index (χ1v) is 4.63. The highest BCUT2D eigenvalue weighted by Gasteiger charge is 2.26. The van der Waals surface area contributed by atoms with Crippen molar-refractivity contribution in [1.29, 1.82) is 0 Å². The van der Waals surface area contributed by atoms with Gasteiger partial charge < -0.3 is 9.84 Å². The fourth-order valence-electron chi connectivity index (χ4n) is 1.50. The molecule has 0 aliphatic carbocycles. The number of hydrogen-bond acceptors (Lipinski definition) is 4. The predicted molar refractivity (Wildman–Crippen MR) is 51.6 cm³/mol. The number of rotatable bonds is 4. The molecule has 1 aromatic heterocycles. The van der Waals surface area contributed by atoms with Gasteiger partial charge in [0, 0.05) is 14.2 Å². The Bertz CT molecular complexity index is 285. The van der Waals surface area contributed by atoms with Gasteiger partial charge in [-0.2, -0.15) is 0 Å². The van der Waals surface area contributed by atoms with E-state index >= 15 is 0 Å². The van der Waals surface area contributed by atoms with Crippen LogP contribution < -0.4 is 0 Å². The van der Waals surface area contributed by atoms with Crippen molar-refractivity contribution in [3.05, 3.63) is 11.9 Å². The van der Waals surface area contributed by atoms with Crippen molar-refractivity contribution in [2.45, 2.75) is 26.1 Å². The van der Waals surface area contributed by atoms with Crippen LogP contribution in [0.3, 0.4) is 0 Å². The van der Waals surface area contributed by atoms with Crippen LogP contribution in [0.25, 0.3) is 0 Å². The lowest BCUT2D eigenvalue weighted by Gasteiger charge is -2.24. The van der Waals surface area contributed by atoms with E-state index in [1.807, 2.05) is 13.8 Å². The van der Waals surface area contributed by atoms with Gasteiger partial charge in [-0.05, 0) is 5.92 Å². The Labute approximate surface area is 83.7 Å². The highest BCUT2D eigenvalue weighted by atomic mass is 16.5. The minimum Gasteiger partial charge on any atom is -0.384 e. The lowest BCUT2D eigenvalue weighted by molar-refractivity contribution is -0.0424. The van der Waals surface area contributed by atoms with E-state index in [9.17, 15) is 5.11 Å². The molecule has 0 saturated carbocycles. The number of methoxy groups -OCH3 is 1. The SMILES string of the molecule is COC(C(C)C)C(O)c1cnnn1C. The molecule has 0 spiro atoms. The fourth-order valence-corrected chi connectivity index (χ4v) is 1.50. The van der Waals surface area contributed by atoms with Crippen molar-refractivity contribution >= 4 is 0 Å².